The average molecular weight is 256 g/mol. The lowest BCUT2D eigenvalue weighted by molar-refractivity contribution is 0.0717. The molecule has 17 heavy (non-hydrogen) atoms. The maximum absolute atomic E-state index is 12.3. The molecule has 0 bridgehead atoms. The second-order valence-corrected chi connectivity index (χ2v) is 4.39. The van der Waals surface area contributed by atoms with Crippen LogP contribution in [0.3, 0.4) is 0 Å². The molecule has 0 radical (unpaired) electrons. The van der Waals surface area contributed by atoms with Crippen molar-refractivity contribution < 1.29 is 4.79 Å². The average Bonchev–Trinajstić information content (AvgIpc) is 2.30. The van der Waals surface area contributed by atoms with E-state index in [-0.39, 0.29) is 11.9 Å². The zero-order valence-corrected chi connectivity index (χ0v) is 11.4. The minimum Gasteiger partial charge on any atom is -0.373 e. The van der Waals surface area contributed by atoms with E-state index >= 15 is 0 Å². The predicted octanol–water partition coefficient (Wildman–Crippen LogP) is 2.65. The van der Waals surface area contributed by atoms with Gasteiger partial charge in [-0.2, -0.15) is 0 Å². The lowest BCUT2D eigenvalue weighted by Crippen LogP contribution is -2.36. The SMILES string of the molecule is CCN(C(=O)c1cc(NC)ncc1Cl)C(C)C. The quantitative estimate of drug-likeness (QED) is 0.900. The first-order valence-electron chi connectivity index (χ1n) is 5.65. The van der Waals surface area contributed by atoms with E-state index in [9.17, 15) is 4.79 Å². The minimum absolute atomic E-state index is 0.0635. The highest BCUT2D eigenvalue weighted by Gasteiger charge is 2.20. The Morgan fingerprint density at radius 2 is 2.24 bits per heavy atom. The molecule has 0 saturated carbocycles. The summed E-state index contributed by atoms with van der Waals surface area (Å²) >= 11 is 6.02. The highest BCUT2D eigenvalue weighted by molar-refractivity contribution is 6.33. The molecule has 0 fully saturated rings. The number of amides is 1. The number of anilines is 1. The Bertz CT molecular complexity index is 407. The van der Waals surface area contributed by atoms with Gasteiger partial charge >= 0.3 is 0 Å². The lowest BCUT2D eigenvalue weighted by Gasteiger charge is -2.25. The van der Waals surface area contributed by atoms with Crippen LogP contribution in [0.1, 0.15) is 31.1 Å². The zero-order valence-electron chi connectivity index (χ0n) is 10.6. The number of halogens is 1. The number of pyridine rings is 1. The van der Waals surface area contributed by atoms with Crippen molar-refractivity contribution in [2.45, 2.75) is 26.8 Å². The molecular weight excluding hydrogens is 238 g/mol. The Morgan fingerprint density at radius 1 is 1.59 bits per heavy atom. The maximum Gasteiger partial charge on any atom is 0.255 e. The van der Waals surface area contributed by atoms with Gasteiger partial charge in [0.25, 0.3) is 5.91 Å². The molecule has 0 unspecified atom stereocenters. The van der Waals surface area contributed by atoms with Gasteiger partial charge in [-0.3, -0.25) is 4.79 Å². The first-order valence-corrected chi connectivity index (χ1v) is 6.03. The first-order chi connectivity index (χ1) is 8.01. The second-order valence-electron chi connectivity index (χ2n) is 3.98. The molecular formula is C12H18ClN3O. The van der Waals surface area contributed by atoms with Gasteiger partial charge in [0, 0.05) is 25.8 Å². The summed E-state index contributed by atoms with van der Waals surface area (Å²) < 4.78 is 0. The summed E-state index contributed by atoms with van der Waals surface area (Å²) in [6.45, 7) is 6.57. The van der Waals surface area contributed by atoms with E-state index in [1.54, 1.807) is 18.0 Å². The standard InChI is InChI=1S/C12H18ClN3O/c1-5-16(8(2)3)12(17)9-6-11(14-4)15-7-10(9)13/h6-8H,5H2,1-4H3,(H,14,15). The van der Waals surface area contributed by atoms with E-state index in [4.69, 9.17) is 11.6 Å². The maximum atomic E-state index is 12.3. The third-order valence-electron chi connectivity index (χ3n) is 2.57. The number of nitrogens with zero attached hydrogens (tertiary/aromatic N) is 2. The summed E-state index contributed by atoms with van der Waals surface area (Å²) in [5.41, 5.74) is 0.488. The van der Waals surface area contributed by atoms with Gasteiger partial charge in [-0.25, -0.2) is 4.98 Å². The van der Waals surface area contributed by atoms with Gasteiger partial charge in [0.05, 0.1) is 10.6 Å². The van der Waals surface area contributed by atoms with Crippen LogP contribution in [0.2, 0.25) is 5.02 Å². The van der Waals surface area contributed by atoms with Crippen LogP contribution in [0, 0.1) is 0 Å². The first kappa shape index (κ1) is 13.8. The van der Waals surface area contributed by atoms with Gasteiger partial charge in [0.2, 0.25) is 0 Å². The third-order valence-corrected chi connectivity index (χ3v) is 2.87. The van der Waals surface area contributed by atoms with E-state index in [0.29, 0.717) is 22.9 Å². The molecule has 4 nitrogen and oxygen atoms in total. The van der Waals surface area contributed by atoms with Gasteiger partial charge in [0.1, 0.15) is 5.82 Å². The Balaban J connectivity index is 3.10. The Kier molecular flexibility index (Phi) is 4.75. The molecule has 0 aliphatic carbocycles. The monoisotopic (exact) mass is 255 g/mol. The molecule has 0 spiro atoms. The highest BCUT2D eigenvalue weighted by Crippen LogP contribution is 2.20. The van der Waals surface area contributed by atoms with Crippen molar-refractivity contribution in [3.63, 3.8) is 0 Å². The molecule has 94 valence electrons. The molecule has 0 atom stereocenters. The Labute approximate surface area is 107 Å². The van der Waals surface area contributed by atoms with Gasteiger partial charge in [0.15, 0.2) is 0 Å². The van der Waals surface area contributed by atoms with Crippen molar-refractivity contribution >= 4 is 23.3 Å². The third kappa shape index (κ3) is 3.09. The van der Waals surface area contributed by atoms with Crippen molar-refractivity contribution in [1.29, 1.82) is 0 Å². The summed E-state index contributed by atoms with van der Waals surface area (Å²) in [5, 5.41) is 3.28. The van der Waals surface area contributed by atoms with Crippen LogP contribution < -0.4 is 5.32 Å². The topological polar surface area (TPSA) is 45.2 Å². The van der Waals surface area contributed by atoms with Crippen molar-refractivity contribution in [1.82, 2.24) is 9.88 Å². The molecule has 1 rings (SSSR count). The summed E-state index contributed by atoms with van der Waals surface area (Å²) in [7, 11) is 1.75. The number of hydrogen-bond acceptors (Lipinski definition) is 3. The number of nitrogens with one attached hydrogen (secondary N) is 1. The highest BCUT2D eigenvalue weighted by atomic mass is 35.5. The van der Waals surface area contributed by atoms with E-state index in [1.165, 1.54) is 6.20 Å². The number of hydrogen-bond donors (Lipinski definition) is 1. The molecule has 1 N–H and O–H groups in total. The Hall–Kier alpha value is -1.29. The summed E-state index contributed by atoms with van der Waals surface area (Å²) in [4.78, 5) is 18.1. The Morgan fingerprint density at radius 3 is 2.71 bits per heavy atom. The number of rotatable bonds is 4. The van der Waals surface area contributed by atoms with Gasteiger partial charge in [-0.05, 0) is 26.8 Å². The molecule has 0 saturated heterocycles. The fourth-order valence-corrected chi connectivity index (χ4v) is 1.82. The molecule has 1 aromatic heterocycles. The summed E-state index contributed by atoms with van der Waals surface area (Å²) in [6.07, 6.45) is 1.49. The van der Waals surface area contributed by atoms with E-state index in [1.807, 2.05) is 20.8 Å². The molecule has 0 aliphatic rings. The molecule has 5 heteroatoms. The van der Waals surface area contributed by atoms with E-state index in [2.05, 4.69) is 10.3 Å². The molecule has 1 aromatic rings. The summed E-state index contributed by atoms with van der Waals surface area (Å²) in [6, 6.07) is 1.82. The van der Waals surface area contributed by atoms with Crippen molar-refractivity contribution in [2.75, 3.05) is 18.9 Å². The fraction of sp³-hybridized carbons (Fsp3) is 0.500. The minimum atomic E-state index is -0.0635. The normalized spacial score (nSPS) is 10.5. The smallest absolute Gasteiger partial charge is 0.255 e. The number of carbonyl (C=O) groups excluding carboxylic acids is 1. The molecule has 0 aliphatic heterocycles. The number of carbonyl (C=O) groups is 1. The van der Waals surface area contributed by atoms with Crippen LogP contribution in [0.25, 0.3) is 0 Å². The molecule has 0 aromatic carbocycles. The largest absolute Gasteiger partial charge is 0.373 e. The fourth-order valence-electron chi connectivity index (χ4n) is 1.64. The van der Waals surface area contributed by atoms with Crippen LogP contribution >= 0.6 is 11.6 Å². The van der Waals surface area contributed by atoms with Crippen LogP contribution in [-0.4, -0.2) is 35.4 Å². The van der Waals surface area contributed by atoms with Crippen molar-refractivity contribution in [3.05, 3.63) is 22.8 Å². The summed E-state index contributed by atoms with van der Waals surface area (Å²) in [5.74, 6) is 0.573. The van der Waals surface area contributed by atoms with Crippen LogP contribution in [0.5, 0.6) is 0 Å². The van der Waals surface area contributed by atoms with E-state index < -0.39 is 0 Å². The van der Waals surface area contributed by atoms with Gasteiger partial charge in [-0.15, -0.1) is 0 Å². The van der Waals surface area contributed by atoms with Crippen molar-refractivity contribution in [3.8, 4) is 0 Å². The predicted molar refractivity (Wildman–Crippen MR) is 70.6 cm³/mol. The van der Waals surface area contributed by atoms with Crippen LogP contribution in [0.4, 0.5) is 5.82 Å². The van der Waals surface area contributed by atoms with Crippen molar-refractivity contribution in [2.24, 2.45) is 0 Å². The molecule has 1 heterocycles. The number of aromatic nitrogens is 1. The van der Waals surface area contributed by atoms with Crippen LogP contribution in [0.15, 0.2) is 12.3 Å². The molecule has 1 amide bonds. The van der Waals surface area contributed by atoms with E-state index in [0.717, 1.165) is 0 Å². The van der Waals surface area contributed by atoms with Gasteiger partial charge in [-0.1, -0.05) is 11.6 Å². The van der Waals surface area contributed by atoms with Gasteiger partial charge < -0.3 is 10.2 Å². The zero-order chi connectivity index (χ0) is 13.0. The lowest BCUT2D eigenvalue weighted by atomic mass is 10.2. The van der Waals surface area contributed by atoms with Crippen LogP contribution in [-0.2, 0) is 0 Å². The second kappa shape index (κ2) is 5.87.